The molecule has 0 atom stereocenters. The van der Waals surface area contributed by atoms with Crippen LogP contribution in [0.2, 0.25) is 0 Å². The highest BCUT2D eigenvalue weighted by molar-refractivity contribution is 4.70. The fourth-order valence-corrected chi connectivity index (χ4v) is 3.39. The number of likely N-dealkylation sites (tertiary alicyclic amines) is 1. The van der Waals surface area contributed by atoms with Gasteiger partial charge >= 0.3 is 0 Å². The fraction of sp³-hybridized carbons (Fsp3) is 1.00. The monoisotopic (exact) mass is 310 g/mol. The summed E-state index contributed by atoms with van der Waals surface area (Å²) in [4.78, 5) is 2.69. The Morgan fingerprint density at radius 3 is 1.82 bits per heavy atom. The smallest absolute Gasteiger partial charge is 0.00672 e. The maximum absolute atomic E-state index is 3.86. The van der Waals surface area contributed by atoms with E-state index in [1.165, 1.54) is 84.0 Å². The predicted octanol–water partition coefficient (Wildman–Crippen LogP) is 5.08. The van der Waals surface area contributed by atoms with E-state index in [-0.39, 0.29) is 0 Å². The lowest BCUT2D eigenvalue weighted by Gasteiger charge is -2.23. The molecule has 0 aromatic heterocycles. The standard InChI is InChI=1S/C20H42N2/c1-18(2)10-12-20(13-11-19(3)4)21-14-9-17-22-15-7-5-6-8-16-22/h18-21H,5-17H2,1-4H3. The van der Waals surface area contributed by atoms with Gasteiger partial charge in [-0.15, -0.1) is 0 Å². The molecule has 1 aliphatic heterocycles. The number of rotatable bonds is 11. The Labute approximate surface area is 140 Å². The summed E-state index contributed by atoms with van der Waals surface area (Å²) in [5, 5.41) is 3.86. The van der Waals surface area contributed by atoms with E-state index in [0.29, 0.717) is 0 Å². The van der Waals surface area contributed by atoms with Gasteiger partial charge in [0.1, 0.15) is 0 Å². The van der Waals surface area contributed by atoms with E-state index in [1.807, 2.05) is 0 Å². The van der Waals surface area contributed by atoms with Crippen LogP contribution in [0.5, 0.6) is 0 Å². The molecule has 132 valence electrons. The maximum Gasteiger partial charge on any atom is 0.00672 e. The van der Waals surface area contributed by atoms with Crippen LogP contribution in [0.4, 0.5) is 0 Å². The van der Waals surface area contributed by atoms with E-state index in [0.717, 1.165) is 17.9 Å². The molecule has 0 unspecified atom stereocenters. The average Bonchev–Trinajstić information content (AvgIpc) is 2.73. The summed E-state index contributed by atoms with van der Waals surface area (Å²) in [5.41, 5.74) is 0. The minimum atomic E-state index is 0.744. The van der Waals surface area contributed by atoms with Crippen LogP contribution < -0.4 is 5.32 Å². The maximum atomic E-state index is 3.86. The molecular weight excluding hydrogens is 268 g/mol. The van der Waals surface area contributed by atoms with Crippen molar-refractivity contribution in [1.82, 2.24) is 10.2 Å². The van der Waals surface area contributed by atoms with Crippen molar-refractivity contribution >= 4 is 0 Å². The van der Waals surface area contributed by atoms with Gasteiger partial charge in [0.25, 0.3) is 0 Å². The van der Waals surface area contributed by atoms with Crippen LogP contribution in [0.15, 0.2) is 0 Å². The van der Waals surface area contributed by atoms with E-state index >= 15 is 0 Å². The van der Waals surface area contributed by atoms with Gasteiger partial charge in [0.15, 0.2) is 0 Å². The minimum Gasteiger partial charge on any atom is -0.314 e. The minimum absolute atomic E-state index is 0.744. The second kappa shape index (κ2) is 12.4. The lowest BCUT2D eigenvalue weighted by atomic mass is 9.97. The van der Waals surface area contributed by atoms with Crippen molar-refractivity contribution in [1.29, 1.82) is 0 Å². The summed E-state index contributed by atoms with van der Waals surface area (Å²) >= 11 is 0. The van der Waals surface area contributed by atoms with Gasteiger partial charge in [-0.2, -0.15) is 0 Å². The molecule has 1 N–H and O–H groups in total. The number of nitrogens with one attached hydrogen (secondary N) is 1. The third kappa shape index (κ3) is 10.6. The SMILES string of the molecule is CC(C)CCC(CCC(C)C)NCCCN1CCCCCC1. The lowest BCUT2D eigenvalue weighted by Crippen LogP contribution is -2.33. The van der Waals surface area contributed by atoms with E-state index in [9.17, 15) is 0 Å². The van der Waals surface area contributed by atoms with Gasteiger partial charge in [-0.3, -0.25) is 0 Å². The van der Waals surface area contributed by atoms with Crippen LogP contribution in [0.25, 0.3) is 0 Å². The Morgan fingerprint density at radius 1 is 0.773 bits per heavy atom. The molecule has 1 heterocycles. The van der Waals surface area contributed by atoms with Gasteiger partial charge in [-0.05, 0) is 83.0 Å². The summed E-state index contributed by atoms with van der Waals surface area (Å²) in [6, 6.07) is 0.744. The number of hydrogen-bond acceptors (Lipinski definition) is 2. The van der Waals surface area contributed by atoms with E-state index < -0.39 is 0 Å². The first-order valence-corrected chi connectivity index (χ1v) is 10.0. The third-order valence-electron chi connectivity index (χ3n) is 4.97. The van der Waals surface area contributed by atoms with Crippen molar-refractivity contribution in [3.8, 4) is 0 Å². The fourth-order valence-electron chi connectivity index (χ4n) is 3.39. The molecule has 2 nitrogen and oxygen atoms in total. The van der Waals surface area contributed by atoms with Crippen molar-refractivity contribution in [2.75, 3.05) is 26.2 Å². The first-order chi connectivity index (χ1) is 10.6. The quantitative estimate of drug-likeness (QED) is 0.535. The van der Waals surface area contributed by atoms with Gasteiger partial charge in [0.05, 0.1) is 0 Å². The van der Waals surface area contributed by atoms with E-state index in [2.05, 4.69) is 37.9 Å². The molecule has 0 aliphatic carbocycles. The normalized spacial score (nSPS) is 17.6. The van der Waals surface area contributed by atoms with Gasteiger partial charge in [-0.1, -0.05) is 40.5 Å². The molecule has 0 radical (unpaired) electrons. The predicted molar refractivity (Wildman–Crippen MR) is 99.5 cm³/mol. The van der Waals surface area contributed by atoms with Crippen molar-refractivity contribution in [3.63, 3.8) is 0 Å². The molecule has 0 aromatic rings. The largest absolute Gasteiger partial charge is 0.314 e. The Kier molecular flexibility index (Phi) is 11.2. The first-order valence-electron chi connectivity index (χ1n) is 10.0. The molecule has 1 saturated heterocycles. The molecule has 0 spiro atoms. The Morgan fingerprint density at radius 2 is 1.32 bits per heavy atom. The second-order valence-electron chi connectivity index (χ2n) is 8.20. The molecule has 0 amide bonds. The number of nitrogens with zero attached hydrogens (tertiary/aromatic N) is 1. The van der Waals surface area contributed by atoms with Crippen LogP contribution in [-0.4, -0.2) is 37.1 Å². The van der Waals surface area contributed by atoms with Gasteiger partial charge in [0, 0.05) is 6.04 Å². The molecule has 22 heavy (non-hydrogen) atoms. The molecule has 1 aliphatic rings. The van der Waals surface area contributed by atoms with Crippen LogP contribution >= 0.6 is 0 Å². The summed E-state index contributed by atoms with van der Waals surface area (Å²) in [7, 11) is 0. The topological polar surface area (TPSA) is 15.3 Å². The molecule has 0 bridgehead atoms. The van der Waals surface area contributed by atoms with E-state index in [4.69, 9.17) is 0 Å². The van der Waals surface area contributed by atoms with Crippen molar-refractivity contribution in [3.05, 3.63) is 0 Å². The van der Waals surface area contributed by atoms with Crippen LogP contribution in [0, 0.1) is 11.8 Å². The lowest BCUT2D eigenvalue weighted by molar-refractivity contribution is 0.275. The van der Waals surface area contributed by atoms with Crippen molar-refractivity contribution in [2.24, 2.45) is 11.8 Å². The molecule has 2 heteroatoms. The molecule has 0 aromatic carbocycles. The highest BCUT2D eigenvalue weighted by atomic mass is 15.1. The third-order valence-corrected chi connectivity index (χ3v) is 4.97. The van der Waals surface area contributed by atoms with Gasteiger partial charge < -0.3 is 10.2 Å². The number of hydrogen-bond donors (Lipinski definition) is 1. The Bertz CT molecular complexity index is 230. The molecule has 1 rings (SSSR count). The highest BCUT2D eigenvalue weighted by Crippen LogP contribution is 2.14. The van der Waals surface area contributed by atoms with Gasteiger partial charge in [-0.25, -0.2) is 0 Å². The molecule has 1 fully saturated rings. The first kappa shape index (κ1) is 20.0. The molecule has 0 saturated carbocycles. The summed E-state index contributed by atoms with van der Waals surface area (Å²) in [5.74, 6) is 1.67. The zero-order chi connectivity index (χ0) is 16.2. The molecular formula is C20H42N2. The van der Waals surface area contributed by atoms with Crippen molar-refractivity contribution < 1.29 is 0 Å². The second-order valence-corrected chi connectivity index (χ2v) is 8.20. The summed E-state index contributed by atoms with van der Waals surface area (Å²) in [6.45, 7) is 14.6. The zero-order valence-electron chi connectivity index (χ0n) is 15.9. The summed E-state index contributed by atoms with van der Waals surface area (Å²) in [6.07, 6.45) is 12.5. The van der Waals surface area contributed by atoms with Gasteiger partial charge in [0.2, 0.25) is 0 Å². The highest BCUT2D eigenvalue weighted by Gasteiger charge is 2.11. The Balaban J connectivity index is 2.17. The Hall–Kier alpha value is -0.0800. The van der Waals surface area contributed by atoms with Crippen LogP contribution in [0.3, 0.4) is 0 Å². The van der Waals surface area contributed by atoms with E-state index in [1.54, 1.807) is 0 Å². The van der Waals surface area contributed by atoms with Crippen LogP contribution in [0.1, 0.15) is 85.5 Å². The van der Waals surface area contributed by atoms with Crippen molar-refractivity contribution in [2.45, 2.75) is 91.5 Å². The average molecular weight is 311 g/mol. The zero-order valence-corrected chi connectivity index (χ0v) is 15.9. The summed E-state index contributed by atoms with van der Waals surface area (Å²) < 4.78 is 0. The van der Waals surface area contributed by atoms with Crippen LogP contribution in [-0.2, 0) is 0 Å².